The van der Waals surface area contributed by atoms with E-state index in [9.17, 15) is 10.1 Å². The van der Waals surface area contributed by atoms with Gasteiger partial charge >= 0.3 is 0 Å². The van der Waals surface area contributed by atoms with Crippen LogP contribution in [0.5, 0.6) is 11.5 Å². The summed E-state index contributed by atoms with van der Waals surface area (Å²) in [6.07, 6.45) is 2.15. The number of carbonyl (C=O) groups excluding carboxylic acids is 1. The molecule has 6 nitrogen and oxygen atoms in total. The van der Waals surface area contributed by atoms with E-state index in [-0.39, 0.29) is 5.57 Å². The Kier molecular flexibility index (Phi) is 7.46. The molecular weight excluding hydrogens is 354 g/mol. The Morgan fingerprint density at radius 3 is 2.50 bits per heavy atom. The second-order valence-corrected chi connectivity index (χ2v) is 6.34. The largest absolute Gasteiger partial charge is 0.493 e. The Balaban J connectivity index is 1.94. The molecule has 146 valence electrons. The number of ether oxygens (including phenoxy) is 2. The van der Waals surface area contributed by atoms with Crippen molar-refractivity contribution < 1.29 is 14.3 Å². The number of anilines is 1. The summed E-state index contributed by atoms with van der Waals surface area (Å²) in [5, 5.41) is 15.1. The van der Waals surface area contributed by atoms with Crippen molar-refractivity contribution >= 4 is 11.6 Å². The number of methoxy groups -OCH3 is 2. The fourth-order valence-corrected chi connectivity index (χ4v) is 2.72. The number of hydrogen-bond donors (Lipinski definition) is 2. The summed E-state index contributed by atoms with van der Waals surface area (Å²) in [4.78, 5) is 12.3. The minimum atomic E-state index is -0.437. The predicted octanol–water partition coefficient (Wildman–Crippen LogP) is 3.50. The van der Waals surface area contributed by atoms with Gasteiger partial charge in [0.1, 0.15) is 11.6 Å². The van der Waals surface area contributed by atoms with Crippen LogP contribution in [0.2, 0.25) is 0 Å². The van der Waals surface area contributed by atoms with E-state index in [1.807, 2.05) is 56.3 Å². The lowest BCUT2D eigenvalue weighted by Crippen LogP contribution is -2.18. The molecule has 2 N–H and O–H groups in total. The van der Waals surface area contributed by atoms with Gasteiger partial charge in [0.2, 0.25) is 0 Å². The molecule has 0 aliphatic carbocycles. The maximum Gasteiger partial charge on any atom is 0.267 e. The number of benzene rings is 2. The van der Waals surface area contributed by atoms with Crippen LogP contribution in [-0.2, 0) is 11.2 Å². The van der Waals surface area contributed by atoms with Gasteiger partial charge < -0.3 is 20.1 Å². The molecule has 0 bridgehead atoms. The molecule has 2 aromatic rings. The fraction of sp³-hybridized carbons (Fsp3) is 0.273. The average Bonchev–Trinajstić information content (AvgIpc) is 2.69. The average molecular weight is 379 g/mol. The lowest BCUT2D eigenvalue weighted by Gasteiger charge is -2.10. The SMILES string of the molecule is COc1ccc(CCN/C=C(/C#N)C(=O)Nc2ccc(C)cc2C)cc1OC. The van der Waals surface area contributed by atoms with E-state index in [0.717, 1.165) is 16.7 Å². The maximum absolute atomic E-state index is 12.3. The van der Waals surface area contributed by atoms with Gasteiger partial charge in [0.05, 0.1) is 14.2 Å². The van der Waals surface area contributed by atoms with Gasteiger partial charge in [0, 0.05) is 18.4 Å². The van der Waals surface area contributed by atoms with E-state index in [2.05, 4.69) is 10.6 Å². The number of hydrogen-bond acceptors (Lipinski definition) is 5. The number of nitrogens with one attached hydrogen (secondary N) is 2. The van der Waals surface area contributed by atoms with E-state index in [1.165, 1.54) is 6.20 Å². The normalized spacial score (nSPS) is 10.8. The lowest BCUT2D eigenvalue weighted by atomic mass is 10.1. The number of carbonyl (C=O) groups is 1. The first-order valence-electron chi connectivity index (χ1n) is 8.91. The van der Waals surface area contributed by atoms with E-state index < -0.39 is 5.91 Å². The molecule has 0 aliphatic rings. The second-order valence-electron chi connectivity index (χ2n) is 6.34. The zero-order valence-corrected chi connectivity index (χ0v) is 16.6. The molecule has 2 aromatic carbocycles. The van der Waals surface area contributed by atoms with Crippen LogP contribution in [0.1, 0.15) is 16.7 Å². The highest BCUT2D eigenvalue weighted by molar-refractivity contribution is 6.06. The monoisotopic (exact) mass is 379 g/mol. The molecule has 0 aromatic heterocycles. The Bertz CT molecular complexity index is 914. The third-order valence-electron chi connectivity index (χ3n) is 4.25. The van der Waals surface area contributed by atoms with Crippen molar-refractivity contribution in [1.82, 2.24) is 5.32 Å². The Labute approximate surface area is 165 Å². The van der Waals surface area contributed by atoms with Crippen LogP contribution in [0.3, 0.4) is 0 Å². The standard InChI is InChI=1S/C22H25N3O3/c1-15-5-7-19(16(2)11-15)25-22(26)18(13-23)14-24-10-9-17-6-8-20(27-3)21(12-17)28-4/h5-8,11-12,14,24H,9-10H2,1-4H3,(H,25,26)/b18-14-. The van der Waals surface area contributed by atoms with Crippen molar-refractivity contribution in [2.75, 3.05) is 26.1 Å². The Morgan fingerprint density at radius 2 is 1.86 bits per heavy atom. The van der Waals surface area contributed by atoms with Gasteiger partial charge in [0.25, 0.3) is 5.91 Å². The smallest absolute Gasteiger partial charge is 0.267 e. The first kappa shape index (κ1) is 20.8. The molecule has 0 spiro atoms. The van der Waals surface area contributed by atoms with Gasteiger partial charge in [-0.2, -0.15) is 5.26 Å². The number of rotatable bonds is 8. The third-order valence-corrected chi connectivity index (χ3v) is 4.25. The highest BCUT2D eigenvalue weighted by Gasteiger charge is 2.10. The summed E-state index contributed by atoms with van der Waals surface area (Å²) in [5.74, 6) is 0.906. The van der Waals surface area contributed by atoms with E-state index >= 15 is 0 Å². The predicted molar refractivity (Wildman–Crippen MR) is 109 cm³/mol. The second kappa shape index (κ2) is 10.0. The molecule has 0 aliphatic heterocycles. The number of nitrogens with zero attached hydrogens (tertiary/aromatic N) is 1. The topological polar surface area (TPSA) is 83.4 Å². The first-order valence-corrected chi connectivity index (χ1v) is 8.91. The highest BCUT2D eigenvalue weighted by atomic mass is 16.5. The molecule has 0 heterocycles. The number of amides is 1. The van der Waals surface area contributed by atoms with Crippen LogP contribution in [0.25, 0.3) is 0 Å². The Hall–Kier alpha value is -3.46. The van der Waals surface area contributed by atoms with Crippen LogP contribution in [0, 0.1) is 25.2 Å². The summed E-state index contributed by atoms with van der Waals surface area (Å²) in [7, 11) is 3.19. The van der Waals surface area contributed by atoms with Crippen LogP contribution < -0.4 is 20.1 Å². The molecule has 0 radical (unpaired) electrons. The molecule has 1 amide bonds. The van der Waals surface area contributed by atoms with Crippen molar-refractivity contribution in [2.45, 2.75) is 20.3 Å². The van der Waals surface area contributed by atoms with Crippen LogP contribution in [-0.4, -0.2) is 26.7 Å². The van der Waals surface area contributed by atoms with Crippen molar-refractivity contribution in [3.8, 4) is 17.6 Å². The molecule has 6 heteroatoms. The molecule has 0 saturated heterocycles. The number of nitriles is 1. The van der Waals surface area contributed by atoms with Crippen molar-refractivity contribution in [1.29, 1.82) is 5.26 Å². The van der Waals surface area contributed by atoms with Crippen molar-refractivity contribution in [3.05, 3.63) is 64.9 Å². The summed E-state index contributed by atoms with van der Waals surface area (Å²) >= 11 is 0. The molecule has 0 unspecified atom stereocenters. The summed E-state index contributed by atoms with van der Waals surface area (Å²) in [6, 6.07) is 13.4. The fourth-order valence-electron chi connectivity index (χ4n) is 2.72. The molecule has 0 atom stereocenters. The molecule has 0 fully saturated rings. The maximum atomic E-state index is 12.3. The van der Waals surface area contributed by atoms with Crippen molar-refractivity contribution in [3.63, 3.8) is 0 Å². The van der Waals surface area contributed by atoms with Gasteiger partial charge in [-0.05, 0) is 49.6 Å². The molecule has 0 saturated carbocycles. The van der Waals surface area contributed by atoms with E-state index in [0.29, 0.717) is 30.2 Å². The van der Waals surface area contributed by atoms with E-state index in [4.69, 9.17) is 9.47 Å². The zero-order valence-electron chi connectivity index (χ0n) is 16.6. The minimum absolute atomic E-state index is 0.0206. The minimum Gasteiger partial charge on any atom is -0.493 e. The van der Waals surface area contributed by atoms with Gasteiger partial charge in [-0.1, -0.05) is 23.8 Å². The zero-order chi connectivity index (χ0) is 20.5. The van der Waals surface area contributed by atoms with Crippen LogP contribution in [0.4, 0.5) is 5.69 Å². The van der Waals surface area contributed by atoms with Gasteiger partial charge in [-0.25, -0.2) is 0 Å². The van der Waals surface area contributed by atoms with E-state index in [1.54, 1.807) is 14.2 Å². The summed E-state index contributed by atoms with van der Waals surface area (Å²) in [6.45, 7) is 4.47. The molecule has 28 heavy (non-hydrogen) atoms. The Morgan fingerprint density at radius 1 is 1.11 bits per heavy atom. The molecule has 2 rings (SSSR count). The molecular formula is C22H25N3O3. The first-order chi connectivity index (χ1) is 13.5. The van der Waals surface area contributed by atoms with Crippen LogP contribution in [0.15, 0.2) is 48.2 Å². The van der Waals surface area contributed by atoms with Gasteiger partial charge in [-0.15, -0.1) is 0 Å². The number of aryl methyl sites for hydroxylation is 2. The lowest BCUT2D eigenvalue weighted by molar-refractivity contribution is -0.112. The summed E-state index contributed by atoms with van der Waals surface area (Å²) in [5.41, 5.74) is 3.83. The third kappa shape index (κ3) is 5.52. The highest BCUT2D eigenvalue weighted by Crippen LogP contribution is 2.27. The van der Waals surface area contributed by atoms with Gasteiger partial charge in [0.15, 0.2) is 11.5 Å². The summed E-state index contributed by atoms with van der Waals surface area (Å²) < 4.78 is 10.5. The van der Waals surface area contributed by atoms with Crippen molar-refractivity contribution in [2.24, 2.45) is 0 Å². The van der Waals surface area contributed by atoms with Crippen LogP contribution >= 0.6 is 0 Å². The van der Waals surface area contributed by atoms with Gasteiger partial charge in [-0.3, -0.25) is 4.79 Å². The quantitative estimate of drug-likeness (QED) is 0.417.